The highest BCUT2D eigenvalue weighted by molar-refractivity contribution is 7.99. The molecule has 8 heteroatoms. The quantitative estimate of drug-likeness (QED) is 0.790. The number of hydrogen-bond acceptors (Lipinski definition) is 5. The highest BCUT2D eigenvalue weighted by atomic mass is 32.2. The van der Waals surface area contributed by atoms with Crippen LogP contribution < -0.4 is 4.74 Å². The maximum absolute atomic E-state index is 12.2. The number of aromatic nitrogens is 4. The molecule has 0 unspecified atom stereocenters. The van der Waals surface area contributed by atoms with E-state index in [2.05, 4.69) is 15.5 Å². The van der Waals surface area contributed by atoms with Crippen LogP contribution in [0.2, 0.25) is 0 Å². The molecule has 0 aliphatic heterocycles. The van der Waals surface area contributed by atoms with Gasteiger partial charge in [-0.15, -0.1) is 5.10 Å². The van der Waals surface area contributed by atoms with E-state index in [0.717, 1.165) is 17.3 Å². The Morgan fingerprint density at radius 3 is 2.89 bits per heavy atom. The molecule has 102 valence electrons. The lowest BCUT2D eigenvalue weighted by Gasteiger charge is -2.10. The fourth-order valence-electron chi connectivity index (χ4n) is 1.52. The molecule has 0 bridgehead atoms. The number of halogens is 2. The zero-order valence-corrected chi connectivity index (χ0v) is 11.2. The zero-order chi connectivity index (χ0) is 13.8. The first-order valence-corrected chi connectivity index (χ1v) is 6.44. The SMILES string of the molecule is COc1ccc(C)cc1-n1nnnc1SCC(F)F. The summed E-state index contributed by atoms with van der Waals surface area (Å²) >= 11 is 0.903. The second-order valence-corrected chi connectivity index (χ2v) is 4.74. The molecule has 1 aromatic heterocycles. The number of hydrogen-bond donors (Lipinski definition) is 0. The van der Waals surface area contributed by atoms with Gasteiger partial charge >= 0.3 is 0 Å². The van der Waals surface area contributed by atoms with E-state index < -0.39 is 6.43 Å². The van der Waals surface area contributed by atoms with Crippen LogP contribution in [0.3, 0.4) is 0 Å². The van der Waals surface area contributed by atoms with Crippen molar-refractivity contribution in [1.82, 2.24) is 20.2 Å². The number of methoxy groups -OCH3 is 1. The molecule has 0 aliphatic rings. The smallest absolute Gasteiger partial charge is 0.248 e. The third kappa shape index (κ3) is 3.19. The lowest BCUT2D eigenvalue weighted by Crippen LogP contribution is -2.04. The Bertz CT molecular complexity index is 561. The molecule has 2 aromatic rings. The highest BCUT2D eigenvalue weighted by Crippen LogP contribution is 2.27. The summed E-state index contributed by atoms with van der Waals surface area (Å²) in [5, 5.41) is 11.4. The second-order valence-electron chi connectivity index (χ2n) is 3.75. The average Bonchev–Trinajstić information content (AvgIpc) is 2.84. The summed E-state index contributed by atoms with van der Waals surface area (Å²) in [5.74, 6) is 0.228. The molecular formula is C11H12F2N4OS. The van der Waals surface area contributed by atoms with Crippen LogP contribution >= 0.6 is 11.8 Å². The van der Waals surface area contributed by atoms with Gasteiger partial charge in [-0.25, -0.2) is 8.78 Å². The Morgan fingerprint density at radius 1 is 1.42 bits per heavy atom. The number of aryl methyl sites for hydroxylation is 1. The van der Waals surface area contributed by atoms with Crippen molar-refractivity contribution in [3.8, 4) is 11.4 Å². The van der Waals surface area contributed by atoms with E-state index in [0.29, 0.717) is 16.6 Å². The summed E-state index contributed by atoms with van der Waals surface area (Å²) in [6, 6.07) is 5.51. The molecule has 0 saturated heterocycles. The molecule has 0 amide bonds. The van der Waals surface area contributed by atoms with Gasteiger partial charge < -0.3 is 4.74 Å². The summed E-state index contributed by atoms with van der Waals surface area (Å²) < 4.78 is 31.1. The van der Waals surface area contributed by atoms with Crippen LogP contribution in [0.25, 0.3) is 5.69 Å². The van der Waals surface area contributed by atoms with Crippen molar-refractivity contribution in [2.75, 3.05) is 12.9 Å². The molecule has 0 spiro atoms. The van der Waals surface area contributed by atoms with Gasteiger partial charge in [0.2, 0.25) is 11.6 Å². The standard InChI is InChI=1S/C11H12F2N4OS/c1-7-3-4-9(18-2)8(5-7)17-11(14-15-16-17)19-6-10(12)13/h3-5,10H,6H2,1-2H3. The fourth-order valence-corrected chi connectivity index (χ4v) is 2.15. The largest absolute Gasteiger partial charge is 0.494 e. The summed E-state index contributed by atoms with van der Waals surface area (Å²) in [6.45, 7) is 1.92. The van der Waals surface area contributed by atoms with E-state index in [1.54, 1.807) is 6.07 Å². The number of tetrazole rings is 1. The lowest BCUT2D eigenvalue weighted by molar-refractivity contribution is 0.176. The van der Waals surface area contributed by atoms with Crippen molar-refractivity contribution < 1.29 is 13.5 Å². The number of benzene rings is 1. The van der Waals surface area contributed by atoms with Crippen LogP contribution in [-0.2, 0) is 0 Å². The van der Waals surface area contributed by atoms with Gasteiger partial charge in [-0.05, 0) is 35.0 Å². The molecular weight excluding hydrogens is 274 g/mol. The first-order chi connectivity index (χ1) is 9.11. The molecule has 0 N–H and O–H groups in total. The van der Waals surface area contributed by atoms with Crippen molar-refractivity contribution in [3.05, 3.63) is 23.8 Å². The predicted molar refractivity (Wildman–Crippen MR) is 67.2 cm³/mol. The van der Waals surface area contributed by atoms with Crippen molar-refractivity contribution in [3.63, 3.8) is 0 Å². The molecule has 0 atom stereocenters. The minimum Gasteiger partial charge on any atom is -0.494 e. The van der Waals surface area contributed by atoms with E-state index in [1.165, 1.54) is 11.8 Å². The summed E-state index contributed by atoms with van der Waals surface area (Å²) in [5.41, 5.74) is 1.63. The van der Waals surface area contributed by atoms with Gasteiger partial charge in [-0.3, -0.25) is 0 Å². The Labute approximate surface area is 112 Å². The maximum atomic E-state index is 12.2. The predicted octanol–water partition coefficient (Wildman–Crippen LogP) is 2.34. The van der Waals surface area contributed by atoms with E-state index in [1.807, 2.05) is 19.1 Å². The molecule has 1 heterocycles. The van der Waals surface area contributed by atoms with Crippen molar-refractivity contribution in [2.24, 2.45) is 0 Å². The summed E-state index contributed by atoms with van der Waals surface area (Å²) in [7, 11) is 1.53. The minimum absolute atomic E-state index is 0.309. The highest BCUT2D eigenvalue weighted by Gasteiger charge is 2.15. The molecule has 5 nitrogen and oxygen atoms in total. The number of alkyl halides is 2. The van der Waals surface area contributed by atoms with Crippen LogP contribution in [0.5, 0.6) is 5.75 Å². The average molecular weight is 286 g/mol. The Hall–Kier alpha value is -1.70. The monoisotopic (exact) mass is 286 g/mol. The van der Waals surface area contributed by atoms with Gasteiger partial charge in [0.15, 0.2) is 0 Å². The Balaban J connectivity index is 2.36. The molecule has 1 aromatic carbocycles. The van der Waals surface area contributed by atoms with Crippen molar-refractivity contribution in [2.45, 2.75) is 18.5 Å². The van der Waals surface area contributed by atoms with E-state index >= 15 is 0 Å². The first-order valence-electron chi connectivity index (χ1n) is 5.46. The van der Waals surface area contributed by atoms with Crippen molar-refractivity contribution in [1.29, 1.82) is 0 Å². The molecule has 0 radical (unpaired) electrons. The van der Waals surface area contributed by atoms with Crippen molar-refractivity contribution >= 4 is 11.8 Å². The van der Waals surface area contributed by atoms with Crippen LogP contribution in [-0.4, -0.2) is 39.5 Å². The van der Waals surface area contributed by atoms with Crippen LogP contribution in [0.4, 0.5) is 8.78 Å². The van der Waals surface area contributed by atoms with E-state index in [4.69, 9.17) is 4.74 Å². The summed E-state index contributed by atoms with van der Waals surface area (Å²) in [6.07, 6.45) is -2.41. The van der Waals surface area contributed by atoms with Crippen LogP contribution in [0.15, 0.2) is 23.4 Å². The summed E-state index contributed by atoms with van der Waals surface area (Å²) in [4.78, 5) is 0. The topological polar surface area (TPSA) is 52.8 Å². The number of ether oxygens (including phenoxy) is 1. The third-order valence-electron chi connectivity index (χ3n) is 2.34. The van der Waals surface area contributed by atoms with Crippen LogP contribution in [0, 0.1) is 6.92 Å². The van der Waals surface area contributed by atoms with E-state index in [-0.39, 0.29) is 5.75 Å². The van der Waals surface area contributed by atoms with Gasteiger partial charge in [-0.1, -0.05) is 17.8 Å². The molecule has 19 heavy (non-hydrogen) atoms. The first kappa shape index (κ1) is 13.7. The molecule has 0 fully saturated rings. The molecule has 0 saturated carbocycles. The number of nitrogens with zero attached hydrogens (tertiary/aromatic N) is 4. The third-order valence-corrected chi connectivity index (χ3v) is 3.27. The van der Waals surface area contributed by atoms with E-state index in [9.17, 15) is 8.78 Å². The van der Waals surface area contributed by atoms with Gasteiger partial charge in [-0.2, -0.15) is 4.68 Å². The van der Waals surface area contributed by atoms with Crippen LogP contribution in [0.1, 0.15) is 5.56 Å². The number of thioether (sulfide) groups is 1. The maximum Gasteiger partial charge on any atom is 0.248 e. The second kappa shape index (κ2) is 5.96. The molecule has 0 aliphatic carbocycles. The normalized spacial score (nSPS) is 11.0. The van der Waals surface area contributed by atoms with Gasteiger partial charge in [0.05, 0.1) is 12.9 Å². The lowest BCUT2D eigenvalue weighted by atomic mass is 10.2. The fraction of sp³-hybridized carbons (Fsp3) is 0.364. The van der Waals surface area contributed by atoms with Gasteiger partial charge in [0, 0.05) is 0 Å². The minimum atomic E-state index is -2.41. The zero-order valence-electron chi connectivity index (χ0n) is 10.4. The van der Waals surface area contributed by atoms with Gasteiger partial charge in [0.1, 0.15) is 11.4 Å². The number of rotatable bonds is 5. The Kier molecular flexibility index (Phi) is 4.31. The molecule has 2 rings (SSSR count). The van der Waals surface area contributed by atoms with Gasteiger partial charge in [0.25, 0.3) is 0 Å². The Morgan fingerprint density at radius 2 is 2.21 bits per heavy atom.